The van der Waals surface area contributed by atoms with Crippen LogP contribution in [0.2, 0.25) is 0 Å². The van der Waals surface area contributed by atoms with Crippen LogP contribution < -0.4 is 5.32 Å². The lowest BCUT2D eigenvalue weighted by Crippen LogP contribution is -2.37. The van der Waals surface area contributed by atoms with Crippen molar-refractivity contribution in [1.29, 1.82) is 0 Å². The molecular weight excluding hydrogens is 284 g/mol. The molecule has 4 atom stereocenters. The van der Waals surface area contributed by atoms with Gasteiger partial charge in [0.15, 0.2) is 0 Å². The van der Waals surface area contributed by atoms with Crippen molar-refractivity contribution in [3.05, 3.63) is 0 Å². The highest BCUT2D eigenvalue weighted by atomic mass is 16.5. The van der Waals surface area contributed by atoms with Crippen molar-refractivity contribution in [3.8, 4) is 0 Å². The normalized spacial score (nSPS) is 28.4. The van der Waals surface area contributed by atoms with Gasteiger partial charge in [-0.1, -0.05) is 19.8 Å². The highest BCUT2D eigenvalue weighted by Gasteiger charge is 2.45. The first-order valence-electron chi connectivity index (χ1n) is 8.43. The predicted octanol–water partition coefficient (Wildman–Crippen LogP) is 1.81. The van der Waals surface area contributed by atoms with Gasteiger partial charge in [0, 0.05) is 19.9 Å². The third kappa shape index (κ3) is 4.35. The molecule has 1 heterocycles. The second kappa shape index (κ2) is 7.81. The second-order valence-corrected chi connectivity index (χ2v) is 6.46. The first-order valence-corrected chi connectivity index (χ1v) is 8.43. The van der Waals surface area contributed by atoms with Crippen LogP contribution in [0.15, 0.2) is 0 Å². The third-order valence-electron chi connectivity index (χ3n) is 4.63. The van der Waals surface area contributed by atoms with Crippen LogP contribution in [-0.4, -0.2) is 52.8 Å². The van der Waals surface area contributed by atoms with Crippen molar-refractivity contribution in [2.24, 2.45) is 0 Å². The van der Waals surface area contributed by atoms with Crippen molar-refractivity contribution >= 4 is 12.0 Å². The number of nitrogens with zero attached hydrogens (tertiary/aromatic N) is 1. The summed E-state index contributed by atoms with van der Waals surface area (Å²) in [7, 11) is 0. The maximum atomic E-state index is 12.0. The molecule has 126 valence electrons. The Balaban J connectivity index is 1.84. The summed E-state index contributed by atoms with van der Waals surface area (Å²) < 4.78 is 5.38. The van der Waals surface area contributed by atoms with Gasteiger partial charge in [-0.2, -0.15) is 0 Å². The largest absolute Gasteiger partial charge is 0.462 e. The number of unbranched alkanes of at least 4 members (excludes halogenated alkanes) is 2. The molecule has 1 saturated carbocycles. The SMILES string of the molecule is CCCCCC(CCN1C(=O)NC2C[C@@H](O)CC21)OC(C)=O. The van der Waals surface area contributed by atoms with Crippen LogP contribution in [0.4, 0.5) is 4.79 Å². The summed E-state index contributed by atoms with van der Waals surface area (Å²) in [6, 6.07) is 0.0860. The van der Waals surface area contributed by atoms with Crippen molar-refractivity contribution in [2.45, 2.75) is 83.1 Å². The summed E-state index contributed by atoms with van der Waals surface area (Å²) in [6.45, 7) is 4.14. The highest BCUT2D eigenvalue weighted by molar-refractivity contribution is 5.78. The predicted molar refractivity (Wildman–Crippen MR) is 82.4 cm³/mol. The molecule has 1 aliphatic heterocycles. The molecule has 6 heteroatoms. The Morgan fingerprint density at radius 1 is 1.41 bits per heavy atom. The quantitative estimate of drug-likeness (QED) is 0.529. The third-order valence-corrected chi connectivity index (χ3v) is 4.63. The Morgan fingerprint density at radius 3 is 2.86 bits per heavy atom. The van der Waals surface area contributed by atoms with Gasteiger partial charge in [-0.25, -0.2) is 4.79 Å². The average Bonchev–Trinajstić information content (AvgIpc) is 2.91. The molecule has 0 aromatic heterocycles. The van der Waals surface area contributed by atoms with Gasteiger partial charge in [0.2, 0.25) is 0 Å². The molecular formula is C16H28N2O4. The van der Waals surface area contributed by atoms with Crippen LogP contribution in [0.1, 0.15) is 58.8 Å². The Hall–Kier alpha value is -1.30. The fraction of sp³-hybridized carbons (Fsp3) is 0.875. The molecule has 6 nitrogen and oxygen atoms in total. The summed E-state index contributed by atoms with van der Waals surface area (Å²) in [4.78, 5) is 25.0. The monoisotopic (exact) mass is 312 g/mol. The standard InChI is InChI=1S/C16H28N2O4/c1-3-4-5-6-13(22-11(2)19)7-8-18-15-10-12(20)9-14(15)17-16(18)21/h12-15,20H,3-10H2,1-2H3,(H,17,21)/t12-,13?,14?,15?/m1/s1. The maximum absolute atomic E-state index is 12.0. The molecule has 22 heavy (non-hydrogen) atoms. The lowest BCUT2D eigenvalue weighted by atomic mass is 10.1. The number of carbonyl (C=O) groups excluding carboxylic acids is 2. The molecule has 2 amide bonds. The molecule has 2 rings (SSSR count). The number of amides is 2. The van der Waals surface area contributed by atoms with Crippen LogP contribution in [0.5, 0.6) is 0 Å². The molecule has 2 fully saturated rings. The minimum Gasteiger partial charge on any atom is -0.462 e. The smallest absolute Gasteiger partial charge is 0.318 e. The van der Waals surface area contributed by atoms with E-state index in [1.807, 2.05) is 0 Å². The lowest BCUT2D eigenvalue weighted by molar-refractivity contribution is -0.147. The Kier molecular flexibility index (Phi) is 6.06. The van der Waals surface area contributed by atoms with Gasteiger partial charge in [0.05, 0.1) is 18.2 Å². The lowest BCUT2D eigenvalue weighted by Gasteiger charge is -2.25. The van der Waals surface area contributed by atoms with Crippen molar-refractivity contribution in [1.82, 2.24) is 10.2 Å². The van der Waals surface area contributed by atoms with Crippen LogP contribution in [0.3, 0.4) is 0 Å². The number of fused-ring (bicyclic) bond motifs is 1. The van der Waals surface area contributed by atoms with Crippen LogP contribution in [-0.2, 0) is 9.53 Å². The number of aliphatic hydroxyl groups is 1. The minimum absolute atomic E-state index is 0.0583. The first-order chi connectivity index (χ1) is 10.5. The van der Waals surface area contributed by atoms with E-state index in [0.29, 0.717) is 25.8 Å². The van der Waals surface area contributed by atoms with E-state index in [-0.39, 0.29) is 36.3 Å². The first kappa shape index (κ1) is 17.1. The second-order valence-electron chi connectivity index (χ2n) is 6.46. The summed E-state index contributed by atoms with van der Waals surface area (Å²) in [5, 5.41) is 12.7. The van der Waals surface area contributed by atoms with Gasteiger partial charge in [0.25, 0.3) is 0 Å². The van der Waals surface area contributed by atoms with Gasteiger partial charge < -0.3 is 20.1 Å². The van der Waals surface area contributed by atoms with Crippen molar-refractivity contribution in [3.63, 3.8) is 0 Å². The van der Waals surface area contributed by atoms with Gasteiger partial charge in [-0.15, -0.1) is 0 Å². The zero-order valence-corrected chi connectivity index (χ0v) is 13.6. The van der Waals surface area contributed by atoms with E-state index in [2.05, 4.69) is 12.2 Å². The highest BCUT2D eigenvalue weighted by Crippen LogP contribution is 2.30. The number of ether oxygens (including phenoxy) is 1. The Bertz CT molecular complexity index is 402. The van der Waals surface area contributed by atoms with Gasteiger partial charge >= 0.3 is 12.0 Å². The number of esters is 1. The van der Waals surface area contributed by atoms with E-state index in [0.717, 1.165) is 25.7 Å². The maximum Gasteiger partial charge on any atom is 0.318 e. The molecule has 1 aliphatic carbocycles. The van der Waals surface area contributed by atoms with Crippen molar-refractivity contribution in [2.75, 3.05) is 6.54 Å². The molecule has 2 aliphatic rings. The van der Waals surface area contributed by atoms with Crippen LogP contribution in [0.25, 0.3) is 0 Å². The van der Waals surface area contributed by atoms with Gasteiger partial charge in [-0.3, -0.25) is 4.79 Å². The molecule has 0 spiro atoms. The Labute approximate surface area is 132 Å². The molecule has 0 aromatic rings. The van der Waals surface area contributed by atoms with Gasteiger partial charge in [0.1, 0.15) is 6.10 Å². The van der Waals surface area contributed by atoms with E-state index < -0.39 is 0 Å². The zero-order valence-electron chi connectivity index (χ0n) is 13.6. The topological polar surface area (TPSA) is 78.9 Å². The van der Waals surface area contributed by atoms with E-state index in [1.165, 1.54) is 6.92 Å². The number of aliphatic hydroxyl groups excluding tert-OH is 1. The molecule has 3 unspecified atom stereocenters. The summed E-state index contributed by atoms with van der Waals surface area (Å²) in [5.41, 5.74) is 0. The molecule has 0 radical (unpaired) electrons. The summed E-state index contributed by atoms with van der Waals surface area (Å²) in [5.74, 6) is -0.262. The van der Waals surface area contributed by atoms with Crippen LogP contribution in [0, 0.1) is 0 Å². The van der Waals surface area contributed by atoms with Crippen molar-refractivity contribution < 1.29 is 19.4 Å². The minimum atomic E-state index is -0.327. The zero-order chi connectivity index (χ0) is 16.1. The molecule has 0 aromatic carbocycles. The van der Waals surface area contributed by atoms with E-state index in [1.54, 1.807) is 4.90 Å². The number of urea groups is 1. The van der Waals surface area contributed by atoms with Crippen LogP contribution >= 0.6 is 0 Å². The van der Waals surface area contributed by atoms with E-state index in [4.69, 9.17) is 4.74 Å². The molecule has 0 bridgehead atoms. The average molecular weight is 312 g/mol. The number of nitrogens with one attached hydrogen (secondary N) is 1. The fourth-order valence-electron chi connectivity index (χ4n) is 3.55. The summed E-state index contributed by atoms with van der Waals surface area (Å²) >= 11 is 0. The molecule has 1 saturated heterocycles. The Morgan fingerprint density at radius 2 is 2.18 bits per heavy atom. The van der Waals surface area contributed by atoms with Gasteiger partial charge in [-0.05, 0) is 25.7 Å². The van der Waals surface area contributed by atoms with E-state index >= 15 is 0 Å². The molecule has 2 N–H and O–H groups in total. The number of hydrogen-bond donors (Lipinski definition) is 2. The number of rotatable bonds is 8. The fourth-order valence-corrected chi connectivity index (χ4v) is 3.55. The van der Waals surface area contributed by atoms with E-state index in [9.17, 15) is 14.7 Å². The number of carbonyl (C=O) groups is 2. The summed E-state index contributed by atoms with van der Waals surface area (Å²) in [6.07, 6.45) is 5.62. The number of hydrogen-bond acceptors (Lipinski definition) is 4.